The van der Waals surface area contributed by atoms with Crippen molar-refractivity contribution in [2.45, 2.75) is 59.3 Å². The summed E-state index contributed by atoms with van der Waals surface area (Å²) in [7, 11) is 0.961. The topological polar surface area (TPSA) is 26.3 Å². The van der Waals surface area contributed by atoms with Gasteiger partial charge in [0.2, 0.25) is 0 Å². The summed E-state index contributed by atoms with van der Waals surface area (Å²) in [5, 5.41) is 0. The Morgan fingerprint density at radius 3 is 1.61 bits per heavy atom. The van der Waals surface area contributed by atoms with Gasteiger partial charge in [-0.25, -0.2) is 0 Å². The zero-order chi connectivity index (χ0) is 18.7. The van der Waals surface area contributed by atoms with Crippen LogP contribution in [0.1, 0.15) is 47.0 Å². The van der Waals surface area contributed by atoms with Crippen molar-refractivity contribution in [2.24, 2.45) is 10.8 Å². The second-order valence-electron chi connectivity index (χ2n) is 6.46. The van der Waals surface area contributed by atoms with Gasteiger partial charge in [-0.2, -0.15) is 26.3 Å². The number of hydrogen-bond acceptors (Lipinski definition) is 2. The Kier molecular flexibility index (Phi) is 6.76. The molecule has 2 nitrogen and oxygen atoms in total. The van der Waals surface area contributed by atoms with Crippen LogP contribution in [0.3, 0.4) is 0 Å². The molecule has 0 unspecified atom stereocenters. The Morgan fingerprint density at radius 2 is 1.35 bits per heavy atom. The molecule has 8 heteroatoms. The number of hydrogen-bond donors (Lipinski definition) is 0. The predicted molar refractivity (Wildman–Crippen MR) is 73.6 cm³/mol. The Labute approximate surface area is 131 Å². The van der Waals surface area contributed by atoms with E-state index in [1.54, 1.807) is 20.8 Å². The number of halogens is 6. The summed E-state index contributed by atoms with van der Waals surface area (Å²) in [4.78, 5) is 12.1. The maximum atomic E-state index is 12.7. The number of ether oxygens (including phenoxy) is 1. The fourth-order valence-electron chi connectivity index (χ4n) is 2.09. The third kappa shape index (κ3) is 7.26. The van der Waals surface area contributed by atoms with Gasteiger partial charge in [-0.05, 0) is 6.42 Å². The van der Waals surface area contributed by atoms with Crippen LogP contribution in [-0.2, 0) is 9.53 Å². The molecular weight excluding hydrogens is 326 g/mol. The SMILES string of the molecule is CCC(C)(C)C(=O)/C=C(\OC)C(C)(CC(F)(F)F)CC(F)(F)F. The van der Waals surface area contributed by atoms with Crippen LogP contribution in [0.25, 0.3) is 0 Å². The van der Waals surface area contributed by atoms with Crippen molar-refractivity contribution in [1.82, 2.24) is 0 Å². The van der Waals surface area contributed by atoms with Gasteiger partial charge in [0.15, 0.2) is 5.78 Å². The smallest absolute Gasteiger partial charge is 0.390 e. The number of rotatable bonds is 7. The van der Waals surface area contributed by atoms with Crippen molar-refractivity contribution < 1.29 is 35.9 Å². The number of carbonyl (C=O) groups excluding carboxylic acids is 1. The van der Waals surface area contributed by atoms with Crippen molar-refractivity contribution in [3.8, 4) is 0 Å². The first-order valence-electron chi connectivity index (χ1n) is 7.00. The Balaban J connectivity index is 5.87. The molecule has 0 aromatic heterocycles. The second-order valence-corrected chi connectivity index (χ2v) is 6.46. The van der Waals surface area contributed by atoms with E-state index < -0.39 is 47.6 Å². The highest BCUT2D eigenvalue weighted by Gasteiger charge is 2.49. The minimum absolute atomic E-state index is 0.384. The molecule has 0 aromatic rings. The third-order valence-electron chi connectivity index (χ3n) is 3.81. The van der Waals surface area contributed by atoms with Gasteiger partial charge in [0, 0.05) is 16.9 Å². The van der Waals surface area contributed by atoms with E-state index in [1.165, 1.54) is 0 Å². The molecular formula is C15H22F6O2. The van der Waals surface area contributed by atoms with E-state index in [2.05, 4.69) is 0 Å². The van der Waals surface area contributed by atoms with Gasteiger partial charge in [-0.1, -0.05) is 27.7 Å². The van der Waals surface area contributed by atoms with Crippen LogP contribution in [0.15, 0.2) is 11.8 Å². The number of alkyl halides is 6. The number of allylic oxidation sites excluding steroid dienone is 2. The molecule has 0 aliphatic rings. The van der Waals surface area contributed by atoms with Gasteiger partial charge in [0.25, 0.3) is 0 Å². The molecule has 0 saturated carbocycles. The fourth-order valence-corrected chi connectivity index (χ4v) is 2.09. The molecule has 23 heavy (non-hydrogen) atoms. The lowest BCUT2D eigenvalue weighted by Crippen LogP contribution is -2.34. The first-order valence-corrected chi connectivity index (χ1v) is 7.00. The van der Waals surface area contributed by atoms with Crippen molar-refractivity contribution in [3.63, 3.8) is 0 Å². The lowest BCUT2D eigenvalue weighted by molar-refractivity contribution is -0.191. The Bertz CT molecular complexity index is 430. The highest BCUT2D eigenvalue weighted by atomic mass is 19.4. The van der Waals surface area contributed by atoms with Crippen LogP contribution in [0.2, 0.25) is 0 Å². The summed E-state index contributed by atoms with van der Waals surface area (Å²) in [6, 6.07) is 0. The number of carbonyl (C=O) groups is 1. The molecule has 0 fully saturated rings. The summed E-state index contributed by atoms with van der Waals surface area (Å²) < 4.78 is 81.1. The highest BCUT2D eigenvalue weighted by molar-refractivity contribution is 5.94. The van der Waals surface area contributed by atoms with Gasteiger partial charge >= 0.3 is 12.4 Å². The van der Waals surface area contributed by atoms with Crippen LogP contribution in [-0.4, -0.2) is 25.2 Å². The molecule has 0 aromatic carbocycles. The van der Waals surface area contributed by atoms with E-state index in [9.17, 15) is 31.1 Å². The molecule has 0 atom stereocenters. The molecule has 0 radical (unpaired) electrons. The Hall–Kier alpha value is -1.21. The minimum Gasteiger partial charge on any atom is -0.500 e. The van der Waals surface area contributed by atoms with Crippen molar-refractivity contribution in [1.29, 1.82) is 0 Å². The van der Waals surface area contributed by atoms with E-state index >= 15 is 0 Å². The first-order chi connectivity index (χ1) is 10.1. The van der Waals surface area contributed by atoms with Gasteiger partial charge in [0.1, 0.15) is 5.76 Å². The maximum absolute atomic E-state index is 12.7. The first kappa shape index (κ1) is 21.8. The summed E-state index contributed by atoms with van der Waals surface area (Å²) in [5.74, 6) is -1.19. The predicted octanol–water partition coefficient (Wildman–Crippen LogP) is 5.43. The van der Waals surface area contributed by atoms with Crippen LogP contribution in [0, 0.1) is 10.8 Å². The molecule has 0 spiro atoms. The van der Waals surface area contributed by atoms with Gasteiger partial charge in [-0.15, -0.1) is 0 Å². The number of methoxy groups -OCH3 is 1. The lowest BCUT2D eigenvalue weighted by atomic mass is 9.78. The van der Waals surface area contributed by atoms with Crippen LogP contribution in [0.5, 0.6) is 0 Å². The standard InChI is InChI=1S/C15H22F6O2/c1-6-12(2,3)10(22)7-11(23-5)13(4,8-14(16,17)18)9-15(19,20)21/h7H,6,8-9H2,1-5H3/b11-7-. The quantitative estimate of drug-likeness (QED) is 0.348. The third-order valence-corrected chi connectivity index (χ3v) is 3.81. The highest BCUT2D eigenvalue weighted by Crippen LogP contribution is 2.46. The summed E-state index contributed by atoms with van der Waals surface area (Å²) in [6.45, 7) is 5.62. The van der Waals surface area contributed by atoms with Gasteiger partial charge in [-0.3, -0.25) is 4.79 Å². The maximum Gasteiger partial charge on any atom is 0.390 e. The monoisotopic (exact) mass is 348 g/mol. The molecule has 0 heterocycles. The molecule has 0 N–H and O–H groups in total. The van der Waals surface area contributed by atoms with E-state index in [4.69, 9.17) is 4.74 Å². The van der Waals surface area contributed by atoms with E-state index in [-0.39, 0.29) is 0 Å². The van der Waals surface area contributed by atoms with Crippen LogP contribution >= 0.6 is 0 Å². The molecule has 0 aliphatic heterocycles. The van der Waals surface area contributed by atoms with Crippen LogP contribution < -0.4 is 0 Å². The average molecular weight is 348 g/mol. The van der Waals surface area contributed by atoms with Crippen molar-refractivity contribution in [3.05, 3.63) is 11.8 Å². The summed E-state index contributed by atoms with van der Waals surface area (Å²) >= 11 is 0. The van der Waals surface area contributed by atoms with E-state index in [0.29, 0.717) is 6.42 Å². The molecule has 0 amide bonds. The molecule has 0 rings (SSSR count). The van der Waals surface area contributed by atoms with Crippen molar-refractivity contribution >= 4 is 5.78 Å². The van der Waals surface area contributed by atoms with E-state index in [1.807, 2.05) is 0 Å². The van der Waals surface area contributed by atoms with Crippen molar-refractivity contribution in [2.75, 3.05) is 7.11 Å². The Morgan fingerprint density at radius 1 is 0.957 bits per heavy atom. The summed E-state index contributed by atoms with van der Waals surface area (Å²) in [6.07, 6.45) is -12.0. The number of ketones is 1. The lowest BCUT2D eigenvalue weighted by Gasteiger charge is -2.33. The second kappa shape index (κ2) is 7.13. The fraction of sp³-hybridized carbons (Fsp3) is 0.800. The van der Waals surface area contributed by atoms with Crippen LogP contribution in [0.4, 0.5) is 26.3 Å². The largest absolute Gasteiger partial charge is 0.500 e. The summed E-state index contributed by atoms with van der Waals surface area (Å²) in [5.41, 5.74) is -3.30. The normalized spacial score (nSPS) is 14.8. The zero-order valence-corrected chi connectivity index (χ0v) is 13.8. The molecule has 0 bridgehead atoms. The van der Waals surface area contributed by atoms with E-state index in [0.717, 1.165) is 20.1 Å². The molecule has 0 saturated heterocycles. The molecule has 136 valence electrons. The zero-order valence-electron chi connectivity index (χ0n) is 13.8. The average Bonchev–Trinajstić information content (AvgIpc) is 2.30. The molecule has 0 aliphatic carbocycles. The van der Waals surface area contributed by atoms with Gasteiger partial charge < -0.3 is 4.74 Å². The minimum atomic E-state index is -4.83. The van der Waals surface area contributed by atoms with Gasteiger partial charge in [0.05, 0.1) is 20.0 Å².